The Labute approximate surface area is 143 Å². The third-order valence-corrected chi connectivity index (χ3v) is 3.16. The molecule has 0 amide bonds. The van der Waals surface area contributed by atoms with Crippen molar-refractivity contribution in [3.8, 4) is 6.01 Å². The van der Waals surface area contributed by atoms with E-state index in [1.165, 1.54) is 6.20 Å². The van der Waals surface area contributed by atoms with Gasteiger partial charge in [-0.1, -0.05) is 0 Å². The fourth-order valence-electron chi connectivity index (χ4n) is 1.10. The zero-order valence-electron chi connectivity index (χ0n) is 11.2. The molecule has 1 atom stereocenters. The summed E-state index contributed by atoms with van der Waals surface area (Å²) in [5.41, 5.74) is 0.167. The predicted octanol–water partition coefficient (Wildman–Crippen LogP) is -0.0638. The van der Waals surface area contributed by atoms with Gasteiger partial charge >= 0.3 is 37.2 Å². The van der Waals surface area contributed by atoms with E-state index in [0.29, 0.717) is 5.56 Å². The first kappa shape index (κ1) is 20.8. The summed E-state index contributed by atoms with van der Waals surface area (Å²) in [4.78, 5) is 26.6. The molecule has 2 N–H and O–H groups in total. The van der Waals surface area contributed by atoms with E-state index in [1.54, 1.807) is 13.8 Å². The Hall–Kier alpha value is -0.250. The maximum atomic E-state index is 11.2. The minimum absolute atomic E-state index is 0. The summed E-state index contributed by atoms with van der Waals surface area (Å²) in [6, 6.07) is 0.0164. The van der Waals surface area contributed by atoms with Gasteiger partial charge < -0.3 is 23.6 Å². The molecule has 11 heteroatoms. The van der Waals surface area contributed by atoms with Crippen molar-refractivity contribution in [1.29, 1.82) is 0 Å². The summed E-state index contributed by atoms with van der Waals surface area (Å²) < 4.78 is 30.5. The molecule has 0 fully saturated rings. The van der Waals surface area contributed by atoms with Gasteiger partial charge in [0, 0.05) is 11.8 Å². The van der Waals surface area contributed by atoms with Crippen molar-refractivity contribution in [1.82, 2.24) is 9.97 Å². The van der Waals surface area contributed by atoms with Crippen molar-refractivity contribution in [2.24, 2.45) is 0 Å². The van der Waals surface area contributed by atoms with Gasteiger partial charge in [0.05, 0.1) is 6.61 Å². The normalized spacial score (nSPS) is 13.3. The first-order chi connectivity index (χ1) is 9.44. The number of hydrogen-bond acceptors (Lipinski definition) is 7. The number of nitrogens with one attached hydrogen (secondary N) is 1. The molecule has 0 saturated carbocycles. The van der Waals surface area contributed by atoms with Gasteiger partial charge in [-0.05, 0) is 13.8 Å². The van der Waals surface area contributed by atoms with Gasteiger partial charge in [0.15, 0.2) is 19.9 Å². The number of hydrogen-bond donors (Lipinski definition) is 2. The van der Waals surface area contributed by atoms with Crippen LogP contribution >= 0.6 is 7.60 Å². The molecule has 21 heavy (non-hydrogen) atoms. The van der Waals surface area contributed by atoms with Gasteiger partial charge in [0.25, 0.3) is 11.6 Å². The summed E-state index contributed by atoms with van der Waals surface area (Å²) >= 11 is 0. The zero-order valence-corrected chi connectivity index (χ0v) is 12.1. The molecule has 0 aliphatic heterocycles. The van der Waals surface area contributed by atoms with Crippen LogP contribution in [0.3, 0.4) is 0 Å². The van der Waals surface area contributed by atoms with Crippen LogP contribution < -0.4 is 10.3 Å². The number of aromatic amines is 1. The topological polar surface area (TPSA) is 120 Å². The molecule has 0 radical (unpaired) electrons. The second-order valence-corrected chi connectivity index (χ2v) is 5.46. The quantitative estimate of drug-likeness (QED) is 0.279. The van der Waals surface area contributed by atoms with Crippen molar-refractivity contribution in [3.63, 3.8) is 0 Å². The van der Waals surface area contributed by atoms with Crippen molar-refractivity contribution >= 4 is 37.2 Å². The Balaban J connectivity index is 0.00000400. The first-order valence-corrected chi connectivity index (χ1v) is 7.51. The van der Waals surface area contributed by atoms with Gasteiger partial charge in [-0.25, -0.2) is 4.98 Å². The Bertz CT molecular complexity index is 524. The number of ether oxygens (including phenoxy) is 3. The monoisotopic (exact) mass is 332 g/mol. The molecule has 0 aliphatic carbocycles. The van der Waals surface area contributed by atoms with E-state index < -0.39 is 13.9 Å². The summed E-state index contributed by atoms with van der Waals surface area (Å²) in [5.74, 6) is 0. The molecule has 0 bridgehead atoms. The van der Waals surface area contributed by atoms with Crippen LogP contribution in [0.5, 0.6) is 6.01 Å². The summed E-state index contributed by atoms with van der Waals surface area (Å²) in [6.45, 7) is 2.85. The minimum atomic E-state index is -3.71. The molecule has 1 unspecified atom stereocenters. The van der Waals surface area contributed by atoms with Crippen LogP contribution in [0, 0.1) is 6.92 Å². The van der Waals surface area contributed by atoms with Gasteiger partial charge in [-0.2, -0.15) is 0 Å². The van der Waals surface area contributed by atoms with E-state index >= 15 is 0 Å². The second kappa shape index (κ2) is 10.5. The Morgan fingerprint density at radius 2 is 2.10 bits per heavy atom. The fraction of sp³-hybridized carbons (Fsp3) is 0.600. The van der Waals surface area contributed by atoms with Crippen LogP contribution in [0.1, 0.15) is 12.5 Å². The third kappa shape index (κ3) is 8.70. The van der Waals surface area contributed by atoms with Crippen molar-refractivity contribution < 1.29 is 28.2 Å². The number of nitrogens with zero attached hydrogens (tertiary/aromatic N) is 1. The first-order valence-electron chi connectivity index (χ1n) is 5.75. The van der Waals surface area contributed by atoms with E-state index in [9.17, 15) is 14.3 Å². The average molecular weight is 332 g/mol. The van der Waals surface area contributed by atoms with E-state index in [2.05, 4.69) is 14.5 Å². The van der Waals surface area contributed by atoms with E-state index in [-0.39, 0.29) is 61.3 Å². The standard InChI is InChI=1S/C10H17N2O7P.Na.H/c1-3-19-20(14,15)7-17-5-16-6-18-10-11-4-8(2)9(13)12-10;;/h4H,3,5-7H2,1-2H3,(H,14,15)(H,11,12,13);;. The number of aryl methyl sites for hydroxylation is 1. The molecular formula is C10H18N2NaO7P. The number of H-pyrrole nitrogens is 1. The molecule has 1 aromatic heterocycles. The maximum absolute atomic E-state index is 11.2. The zero-order chi connectivity index (χ0) is 15.0. The van der Waals surface area contributed by atoms with Gasteiger partial charge in [-0.15, -0.1) is 0 Å². The second-order valence-electron chi connectivity index (χ2n) is 3.67. The molecule has 0 aliphatic rings. The molecule has 1 rings (SSSR count). The van der Waals surface area contributed by atoms with Crippen LogP contribution in [0.4, 0.5) is 0 Å². The summed E-state index contributed by atoms with van der Waals surface area (Å²) in [5, 5.41) is 0. The van der Waals surface area contributed by atoms with Crippen LogP contribution in [0.25, 0.3) is 0 Å². The Morgan fingerprint density at radius 1 is 1.38 bits per heavy atom. The predicted molar refractivity (Wildman–Crippen MR) is 75.6 cm³/mol. The molecule has 116 valence electrons. The molecular weight excluding hydrogens is 314 g/mol. The SMILES string of the molecule is CCOP(=O)(O)COCOCOc1ncc(C)c(=O)[nH]1.[NaH]. The van der Waals surface area contributed by atoms with Crippen LogP contribution in [-0.4, -0.2) is 71.0 Å². The van der Waals surface area contributed by atoms with Gasteiger partial charge in [0.1, 0.15) is 0 Å². The molecule has 0 saturated heterocycles. The molecule has 1 aromatic rings. The number of aromatic nitrogens is 2. The van der Waals surface area contributed by atoms with E-state index in [0.717, 1.165) is 0 Å². The van der Waals surface area contributed by atoms with Gasteiger partial charge in [0.2, 0.25) is 0 Å². The molecule has 0 aromatic carbocycles. The van der Waals surface area contributed by atoms with Crippen molar-refractivity contribution in [2.45, 2.75) is 13.8 Å². The Morgan fingerprint density at radius 3 is 2.71 bits per heavy atom. The van der Waals surface area contributed by atoms with E-state index in [1.807, 2.05) is 0 Å². The third-order valence-electron chi connectivity index (χ3n) is 1.98. The summed E-state index contributed by atoms with van der Waals surface area (Å²) in [6.07, 6.45) is 0.898. The molecule has 9 nitrogen and oxygen atoms in total. The van der Waals surface area contributed by atoms with Crippen LogP contribution in [0.2, 0.25) is 0 Å². The van der Waals surface area contributed by atoms with Crippen molar-refractivity contribution in [2.75, 3.05) is 26.5 Å². The van der Waals surface area contributed by atoms with Crippen LogP contribution in [-0.2, 0) is 18.6 Å². The number of rotatable bonds is 9. The van der Waals surface area contributed by atoms with Crippen molar-refractivity contribution in [3.05, 3.63) is 22.1 Å². The van der Waals surface area contributed by atoms with E-state index in [4.69, 9.17) is 14.2 Å². The summed E-state index contributed by atoms with van der Waals surface area (Å²) in [7, 11) is -3.71. The van der Waals surface area contributed by atoms with Crippen LogP contribution in [0.15, 0.2) is 11.0 Å². The fourth-order valence-corrected chi connectivity index (χ4v) is 1.88. The average Bonchev–Trinajstić information content (AvgIpc) is 2.37. The molecule has 1 heterocycles. The Kier molecular flexibility index (Phi) is 10.3. The van der Waals surface area contributed by atoms with Gasteiger partial charge in [-0.3, -0.25) is 14.3 Å². The molecule has 0 spiro atoms.